The largest absolute Gasteiger partial charge is 0.489 e. The van der Waals surface area contributed by atoms with Gasteiger partial charge in [0, 0.05) is 16.0 Å². The predicted octanol–water partition coefficient (Wildman–Crippen LogP) is 4.42. The van der Waals surface area contributed by atoms with Crippen molar-refractivity contribution in [2.45, 2.75) is 46.6 Å². The predicted molar refractivity (Wildman–Crippen MR) is 108 cm³/mol. The van der Waals surface area contributed by atoms with Crippen molar-refractivity contribution in [3.05, 3.63) is 40.9 Å². The number of ether oxygens (including phenoxy) is 1. The minimum Gasteiger partial charge on any atom is -0.489 e. The van der Waals surface area contributed by atoms with Crippen LogP contribution in [0, 0.1) is 18.3 Å². The Kier molecular flexibility index (Phi) is 7.13. The number of nitrogens with one attached hydrogen (secondary N) is 2. The van der Waals surface area contributed by atoms with Crippen LogP contribution >= 0.6 is 11.6 Å². The second-order valence-electron chi connectivity index (χ2n) is 8.03. The highest BCUT2D eigenvalue weighted by atomic mass is 35.5. The third kappa shape index (κ3) is 5.24. The first kappa shape index (κ1) is 20.8. The van der Waals surface area contributed by atoms with Gasteiger partial charge in [-0.25, -0.2) is 0 Å². The zero-order valence-electron chi connectivity index (χ0n) is 16.3. The Balaban J connectivity index is 2.44. The fourth-order valence-electron chi connectivity index (χ4n) is 3.19. The first-order valence-electron chi connectivity index (χ1n) is 9.29. The molecule has 0 bridgehead atoms. The second-order valence-corrected chi connectivity index (χ2v) is 8.43. The van der Waals surface area contributed by atoms with E-state index in [-0.39, 0.29) is 11.9 Å². The van der Waals surface area contributed by atoms with Crippen LogP contribution in [-0.2, 0) is 4.79 Å². The lowest BCUT2D eigenvalue weighted by Crippen LogP contribution is -2.43. The summed E-state index contributed by atoms with van der Waals surface area (Å²) in [4.78, 5) is 12.8. The van der Waals surface area contributed by atoms with E-state index in [2.05, 4.69) is 23.3 Å². The molecule has 0 aliphatic carbocycles. The van der Waals surface area contributed by atoms with Crippen molar-refractivity contribution in [2.75, 3.05) is 19.7 Å². The van der Waals surface area contributed by atoms with E-state index in [1.165, 1.54) is 0 Å². The molecule has 1 fully saturated rings. The molecule has 1 aliphatic heterocycles. The molecule has 0 saturated carbocycles. The average molecular weight is 379 g/mol. The molecule has 4 nitrogen and oxygen atoms in total. The fourth-order valence-corrected chi connectivity index (χ4v) is 3.34. The van der Waals surface area contributed by atoms with E-state index in [4.69, 9.17) is 16.3 Å². The van der Waals surface area contributed by atoms with Crippen LogP contribution in [0.2, 0.25) is 5.02 Å². The van der Waals surface area contributed by atoms with Crippen molar-refractivity contribution < 1.29 is 9.53 Å². The summed E-state index contributed by atoms with van der Waals surface area (Å²) in [5.74, 6) is 1.12. The lowest BCUT2D eigenvalue weighted by molar-refractivity contribution is -0.129. The molecule has 0 unspecified atom stereocenters. The Hall–Kier alpha value is -1.52. The molecule has 1 aromatic carbocycles. The molecule has 144 valence electrons. The van der Waals surface area contributed by atoms with Crippen LogP contribution in [0.15, 0.2) is 24.8 Å². The molecule has 1 aliphatic rings. The number of benzene rings is 1. The normalized spacial score (nSPS) is 16.8. The number of hydrogen-bond donors (Lipinski definition) is 2. The van der Waals surface area contributed by atoms with E-state index in [1.807, 2.05) is 33.8 Å². The van der Waals surface area contributed by atoms with Gasteiger partial charge in [0.2, 0.25) is 5.91 Å². The maximum absolute atomic E-state index is 12.8. The molecule has 2 rings (SSSR count). The maximum atomic E-state index is 12.8. The second kappa shape index (κ2) is 8.92. The number of rotatable bonds is 6. The van der Waals surface area contributed by atoms with Crippen molar-refractivity contribution in [1.82, 2.24) is 10.6 Å². The van der Waals surface area contributed by atoms with E-state index < -0.39 is 5.41 Å². The van der Waals surface area contributed by atoms with Gasteiger partial charge in [0.25, 0.3) is 0 Å². The highest BCUT2D eigenvalue weighted by Crippen LogP contribution is 2.38. The molecule has 1 saturated heterocycles. The molecule has 1 aromatic rings. The summed E-state index contributed by atoms with van der Waals surface area (Å²) in [6, 6.07) is 3.81. The summed E-state index contributed by atoms with van der Waals surface area (Å²) < 4.78 is 5.89. The maximum Gasteiger partial charge on any atom is 0.225 e. The SMILES string of the molecule is C=CCOc1cc(Cl)c(C)cc1[C@H](NC(=O)C(C)(C)C)C1CCNCC1. The van der Waals surface area contributed by atoms with Crippen LogP contribution < -0.4 is 15.4 Å². The van der Waals surface area contributed by atoms with Crippen molar-refractivity contribution >= 4 is 17.5 Å². The Bertz CT molecular complexity index is 646. The van der Waals surface area contributed by atoms with Crippen LogP contribution in [0.5, 0.6) is 5.75 Å². The molecular formula is C21H31ClN2O2. The van der Waals surface area contributed by atoms with Crippen LogP contribution in [0.3, 0.4) is 0 Å². The van der Waals surface area contributed by atoms with Crippen LogP contribution in [-0.4, -0.2) is 25.6 Å². The third-order valence-electron chi connectivity index (χ3n) is 4.81. The van der Waals surface area contributed by atoms with Crippen LogP contribution in [0.4, 0.5) is 0 Å². The lowest BCUT2D eigenvalue weighted by Gasteiger charge is -2.34. The first-order chi connectivity index (χ1) is 12.2. The summed E-state index contributed by atoms with van der Waals surface area (Å²) in [5, 5.41) is 7.35. The molecule has 1 atom stereocenters. The van der Waals surface area contributed by atoms with Crippen molar-refractivity contribution in [3.8, 4) is 5.75 Å². The molecule has 1 heterocycles. The van der Waals surface area contributed by atoms with Gasteiger partial charge in [-0.05, 0) is 56.5 Å². The van der Waals surface area contributed by atoms with Gasteiger partial charge in [0.1, 0.15) is 12.4 Å². The van der Waals surface area contributed by atoms with Crippen molar-refractivity contribution in [3.63, 3.8) is 0 Å². The minimum absolute atomic E-state index is 0.0447. The summed E-state index contributed by atoms with van der Waals surface area (Å²) in [6.07, 6.45) is 3.74. The molecule has 2 N–H and O–H groups in total. The van der Waals surface area contributed by atoms with E-state index in [1.54, 1.807) is 6.08 Å². The minimum atomic E-state index is -0.450. The van der Waals surface area contributed by atoms with E-state index in [9.17, 15) is 4.79 Å². The Morgan fingerprint density at radius 2 is 2.08 bits per heavy atom. The molecule has 5 heteroatoms. The Morgan fingerprint density at radius 1 is 1.42 bits per heavy atom. The molecule has 1 amide bonds. The van der Waals surface area contributed by atoms with Crippen LogP contribution in [0.1, 0.15) is 50.8 Å². The highest BCUT2D eigenvalue weighted by Gasteiger charge is 2.32. The highest BCUT2D eigenvalue weighted by molar-refractivity contribution is 6.31. The van der Waals surface area contributed by atoms with Crippen molar-refractivity contribution in [2.24, 2.45) is 11.3 Å². The molecule has 0 aromatic heterocycles. The summed E-state index contributed by atoms with van der Waals surface area (Å²) in [6.45, 7) is 13.8. The quantitative estimate of drug-likeness (QED) is 0.720. The number of piperidine rings is 1. The molecule has 0 spiro atoms. The van der Waals surface area contributed by atoms with Crippen LogP contribution in [0.25, 0.3) is 0 Å². The number of carbonyl (C=O) groups excluding carboxylic acids is 1. The van der Waals surface area contributed by atoms with Gasteiger partial charge in [-0.3, -0.25) is 4.79 Å². The molecular weight excluding hydrogens is 348 g/mol. The van der Waals surface area contributed by atoms with Crippen molar-refractivity contribution in [1.29, 1.82) is 0 Å². The third-order valence-corrected chi connectivity index (χ3v) is 5.21. The zero-order chi connectivity index (χ0) is 19.3. The van der Waals surface area contributed by atoms with E-state index >= 15 is 0 Å². The van der Waals surface area contributed by atoms with E-state index in [0.717, 1.165) is 42.8 Å². The first-order valence-corrected chi connectivity index (χ1v) is 9.67. The average Bonchev–Trinajstić information content (AvgIpc) is 2.60. The van der Waals surface area contributed by atoms with Gasteiger partial charge in [-0.1, -0.05) is 45.0 Å². The Morgan fingerprint density at radius 3 is 2.65 bits per heavy atom. The smallest absolute Gasteiger partial charge is 0.225 e. The van der Waals surface area contributed by atoms with Gasteiger partial charge in [0.05, 0.1) is 6.04 Å². The summed E-state index contributed by atoms with van der Waals surface area (Å²) in [5.41, 5.74) is 1.53. The van der Waals surface area contributed by atoms with Gasteiger partial charge in [-0.2, -0.15) is 0 Å². The number of carbonyl (C=O) groups is 1. The number of aryl methyl sites for hydroxylation is 1. The lowest BCUT2D eigenvalue weighted by atomic mass is 9.84. The topological polar surface area (TPSA) is 50.4 Å². The monoisotopic (exact) mass is 378 g/mol. The zero-order valence-corrected chi connectivity index (χ0v) is 17.1. The summed E-state index contributed by atoms with van der Waals surface area (Å²) in [7, 11) is 0. The summed E-state index contributed by atoms with van der Waals surface area (Å²) >= 11 is 6.33. The number of amides is 1. The van der Waals surface area contributed by atoms with Gasteiger partial charge < -0.3 is 15.4 Å². The number of halogens is 1. The molecule has 26 heavy (non-hydrogen) atoms. The van der Waals surface area contributed by atoms with Gasteiger partial charge >= 0.3 is 0 Å². The molecule has 0 radical (unpaired) electrons. The van der Waals surface area contributed by atoms with Gasteiger partial charge in [0.15, 0.2) is 0 Å². The fraction of sp³-hybridized carbons (Fsp3) is 0.571. The number of hydrogen-bond acceptors (Lipinski definition) is 3. The van der Waals surface area contributed by atoms with E-state index in [0.29, 0.717) is 17.5 Å². The Labute approximate surface area is 162 Å². The van der Waals surface area contributed by atoms with Gasteiger partial charge in [-0.15, -0.1) is 0 Å². The standard InChI is InChI=1S/C21H31ClN2O2/c1-6-11-26-18-13-17(22)14(2)12-16(18)19(15-7-9-23-10-8-15)24-20(25)21(3,4)5/h6,12-13,15,19,23H,1,7-11H2,2-5H3,(H,24,25)/t19-/m1/s1.